The molecule has 0 saturated heterocycles. The Morgan fingerprint density at radius 2 is 1.32 bits per heavy atom. The third-order valence-corrected chi connectivity index (χ3v) is 5.42. The average Bonchev–Trinajstić information content (AvgIpc) is 2.89. The highest BCUT2D eigenvalue weighted by Crippen LogP contribution is 2.15. The number of hydrogen-bond acceptors (Lipinski definition) is 6. The van der Waals surface area contributed by atoms with Crippen LogP contribution < -0.4 is 0 Å². The fourth-order valence-electron chi connectivity index (χ4n) is 3.31. The van der Waals surface area contributed by atoms with E-state index < -0.39 is 0 Å². The van der Waals surface area contributed by atoms with Crippen LogP contribution in [0, 0.1) is 46.1 Å². The van der Waals surface area contributed by atoms with E-state index in [-0.39, 0.29) is 35.0 Å². The molecule has 0 amide bonds. The van der Waals surface area contributed by atoms with Crippen LogP contribution in [0.15, 0.2) is 60.9 Å². The molecule has 4 aromatic rings. The molecular weight excluding hydrogens is 529 g/mol. The summed E-state index contributed by atoms with van der Waals surface area (Å²) in [6, 6.07) is 16.1. The molecule has 2 aromatic carbocycles. The number of nitriles is 2. The highest BCUT2D eigenvalue weighted by Gasteiger charge is 2.06. The van der Waals surface area contributed by atoms with Crippen LogP contribution in [-0.2, 0) is 25.7 Å². The van der Waals surface area contributed by atoms with Crippen molar-refractivity contribution in [2.45, 2.75) is 25.7 Å². The number of benzene rings is 2. The standard InChI is InChI=1S/C14H11ClFN3.C14H7ClFN3/c2*15-14-18-8-6-13(19-14)4-2-10-1-3-12(16)9-11(10)5-7-17/h1,3,6,8-9H,2,4-5H2;1,3,6,8-9H,5H2. The van der Waals surface area contributed by atoms with Crippen LogP contribution in [0.2, 0.25) is 10.6 Å². The Kier molecular flexibility index (Phi) is 10.6. The molecule has 2 heterocycles. The number of rotatable bonds is 5. The van der Waals surface area contributed by atoms with E-state index in [1.54, 1.807) is 24.4 Å². The van der Waals surface area contributed by atoms with Crippen LogP contribution in [0.1, 0.15) is 33.6 Å². The first-order valence-electron chi connectivity index (χ1n) is 11.2. The van der Waals surface area contributed by atoms with Gasteiger partial charge in [0.25, 0.3) is 0 Å². The minimum Gasteiger partial charge on any atom is -0.227 e. The summed E-state index contributed by atoms with van der Waals surface area (Å²) in [5, 5.41) is 17.8. The van der Waals surface area contributed by atoms with Crippen molar-refractivity contribution >= 4 is 23.2 Å². The number of halogens is 4. The zero-order valence-electron chi connectivity index (χ0n) is 19.8. The molecule has 0 fully saturated rings. The number of aromatic nitrogens is 4. The summed E-state index contributed by atoms with van der Waals surface area (Å²) in [4.78, 5) is 15.6. The Bertz CT molecular complexity index is 1570. The lowest BCUT2D eigenvalue weighted by molar-refractivity contribution is 0.624. The van der Waals surface area contributed by atoms with Gasteiger partial charge in [0, 0.05) is 23.7 Å². The molecule has 0 saturated carbocycles. The molecule has 10 heteroatoms. The second kappa shape index (κ2) is 14.4. The summed E-state index contributed by atoms with van der Waals surface area (Å²) in [6.07, 6.45) is 4.77. The predicted octanol–water partition coefficient (Wildman–Crippen LogP) is 5.86. The van der Waals surface area contributed by atoms with Gasteiger partial charge < -0.3 is 0 Å². The summed E-state index contributed by atoms with van der Waals surface area (Å²) in [5.74, 6) is 4.95. The van der Waals surface area contributed by atoms with Crippen molar-refractivity contribution in [3.63, 3.8) is 0 Å². The SMILES string of the molecule is N#CCc1cc(F)ccc1C#Cc1ccnc(Cl)n1.N#CCc1cc(F)ccc1CCc1ccnc(Cl)n1. The summed E-state index contributed by atoms with van der Waals surface area (Å²) in [6.45, 7) is 0. The van der Waals surface area contributed by atoms with Crippen molar-refractivity contribution < 1.29 is 8.78 Å². The fourth-order valence-corrected chi connectivity index (χ4v) is 3.62. The maximum atomic E-state index is 13.1. The average molecular weight is 547 g/mol. The van der Waals surface area contributed by atoms with E-state index in [4.69, 9.17) is 33.7 Å². The number of aryl methyl sites for hydroxylation is 2. The quantitative estimate of drug-likeness (QED) is 0.230. The van der Waals surface area contributed by atoms with Gasteiger partial charge in [-0.1, -0.05) is 12.0 Å². The van der Waals surface area contributed by atoms with Crippen molar-refractivity contribution in [3.05, 3.63) is 117 Å². The van der Waals surface area contributed by atoms with Gasteiger partial charge in [-0.15, -0.1) is 0 Å². The smallest absolute Gasteiger partial charge is 0.223 e. The van der Waals surface area contributed by atoms with Gasteiger partial charge in [-0.3, -0.25) is 0 Å². The first-order chi connectivity index (χ1) is 18.4. The van der Waals surface area contributed by atoms with Crippen molar-refractivity contribution in [1.82, 2.24) is 19.9 Å². The largest absolute Gasteiger partial charge is 0.227 e. The van der Waals surface area contributed by atoms with Crippen LogP contribution in [0.4, 0.5) is 8.78 Å². The molecule has 0 atom stereocenters. The van der Waals surface area contributed by atoms with Crippen molar-refractivity contribution in [2.75, 3.05) is 0 Å². The molecule has 6 nitrogen and oxygen atoms in total. The molecule has 0 unspecified atom stereocenters. The van der Waals surface area contributed by atoms with E-state index in [1.165, 1.54) is 36.5 Å². The molecule has 0 bridgehead atoms. The van der Waals surface area contributed by atoms with Crippen LogP contribution in [-0.4, -0.2) is 19.9 Å². The van der Waals surface area contributed by atoms with Gasteiger partial charge in [-0.2, -0.15) is 10.5 Å². The van der Waals surface area contributed by atoms with E-state index >= 15 is 0 Å². The maximum Gasteiger partial charge on any atom is 0.223 e. The molecule has 0 spiro atoms. The molecule has 4 rings (SSSR count). The summed E-state index contributed by atoms with van der Waals surface area (Å²) < 4.78 is 26.2. The van der Waals surface area contributed by atoms with Gasteiger partial charge in [0.2, 0.25) is 10.6 Å². The van der Waals surface area contributed by atoms with Crippen LogP contribution >= 0.6 is 23.2 Å². The molecule has 38 heavy (non-hydrogen) atoms. The van der Waals surface area contributed by atoms with Gasteiger partial charge in [-0.25, -0.2) is 28.7 Å². The summed E-state index contributed by atoms with van der Waals surface area (Å²) in [7, 11) is 0. The molecule has 0 N–H and O–H groups in total. The van der Waals surface area contributed by atoms with E-state index in [0.29, 0.717) is 29.7 Å². The fraction of sp³-hybridized carbons (Fsp3) is 0.143. The maximum absolute atomic E-state index is 13.1. The summed E-state index contributed by atoms with van der Waals surface area (Å²) in [5.41, 5.74) is 4.12. The second-order valence-corrected chi connectivity index (χ2v) is 8.34. The number of nitrogens with zero attached hydrogens (tertiary/aromatic N) is 6. The Morgan fingerprint density at radius 1 is 0.684 bits per heavy atom. The Morgan fingerprint density at radius 3 is 2.00 bits per heavy atom. The molecular formula is C28H18Cl2F2N6. The molecule has 0 aliphatic rings. The minimum atomic E-state index is -0.388. The van der Waals surface area contributed by atoms with Crippen molar-refractivity contribution in [1.29, 1.82) is 10.5 Å². The molecule has 0 radical (unpaired) electrons. The van der Waals surface area contributed by atoms with Crippen LogP contribution in [0.25, 0.3) is 0 Å². The van der Waals surface area contributed by atoms with Crippen molar-refractivity contribution in [3.8, 4) is 24.0 Å². The van der Waals surface area contributed by atoms with Crippen LogP contribution in [0.3, 0.4) is 0 Å². The van der Waals surface area contributed by atoms with E-state index in [1.807, 2.05) is 12.1 Å². The van der Waals surface area contributed by atoms with Gasteiger partial charge in [0.1, 0.15) is 17.3 Å². The third-order valence-electron chi connectivity index (χ3n) is 5.06. The molecule has 2 aromatic heterocycles. The first kappa shape index (κ1) is 28.2. The Hall–Kier alpha value is -4.42. The molecule has 0 aliphatic heterocycles. The monoisotopic (exact) mass is 546 g/mol. The Labute approximate surface area is 228 Å². The number of hydrogen-bond donors (Lipinski definition) is 0. The second-order valence-electron chi connectivity index (χ2n) is 7.66. The highest BCUT2D eigenvalue weighted by molar-refractivity contribution is 6.28. The highest BCUT2D eigenvalue weighted by atomic mass is 35.5. The first-order valence-corrected chi connectivity index (χ1v) is 11.9. The van der Waals surface area contributed by atoms with E-state index in [0.717, 1.165) is 16.8 Å². The van der Waals surface area contributed by atoms with Crippen molar-refractivity contribution in [2.24, 2.45) is 0 Å². The lowest BCUT2D eigenvalue weighted by atomic mass is 10.00. The molecule has 0 aliphatic carbocycles. The zero-order chi connectivity index (χ0) is 27.3. The zero-order valence-corrected chi connectivity index (χ0v) is 21.3. The predicted molar refractivity (Wildman–Crippen MR) is 139 cm³/mol. The third kappa shape index (κ3) is 8.91. The van der Waals surface area contributed by atoms with Gasteiger partial charge in [0.15, 0.2) is 0 Å². The van der Waals surface area contributed by atoms with Gasteiger partial charge in [0.05, 0.1) is 25.0 Å². The topological polar surface area (TPSA) is 99.1 Å². The van der Waals surface area contributed by atoms with Gasteiger partial charge >= 0.3 is 0 Å². The van der Waals surface area contributed by atoms with E-state index in [2.05, 4.69) is 31.8 Å². The lowest BCUT2D eigenvalue weighted by Crippen LogP contribution is -2.00. The van der Waals surface area contributed by atoms with Gasteiger partial charge in [-0.05, 0) is 101 Å². The summed E-state index contributed by atoms with van der Waals surface area (Å²) >= 11 is 11.4. The lowest BCUT2D eigenvalue weighted by Gasteiger charge is -2.07. The molecule has 188 valence electrons. The Balaban J connectivity index is 0.000000211. The normalized spacial score (nSPS) is 9.74. The van der Waals surface area contributed by atoms with Crippen LogP contribution in [0.5, 0.6) is 0 Å². The van der Waals surface area contributed by atoms with E-state index in [9.17, 15) is 8.78 Å². The minimum absolute atomic E-state index is 0.103.